The molecule has 1 unspecified atom stereocenters. The van der Waals surface area contributed by atoms with Crippen LogP contribution in [0.4, 0.5) is 25.7 Å². The first-order valence-electron chi connectivity index (χ1n) is 15.5. The molecule has 49 heavy (non-hydrogen) atoms. The van der Waals surface area contributed by atoms with Crippen molar-refractivity contribution in [2.45, 2.75) is 19.4 Å². The highest BCUT2D eigenvalue weighted by atomic mass is 32.1. The molecule has 0 bridgehead atoms. The minimum absolute atomic E-state index is 0.0854. The first kappa shape index (κ1) is 33.2. The molecule has 1 atom stereocenters. The van der Waals surface area contributed by atoms with E-state index in [4.69, 9.17) is 20.2 Å². The second kappa shape index (κ2) is 14.2. The summed E-state index contributed by atoms with van der Waals surface area (Å²) in [6, 6.07) is 16.0. The minimum atomic E-state index is -0.852. The molecule has 3 N–H and O–H groups in total. The molecule has 0 spiro atoms. The number of rotatable bonds is 9. The predicted molar refractivity (Wildman–Crippen MR) is 187 cm³/mol. The highest BCUT2D eigenvalue weighted by Crippen LogP contribution is 2.37. The summed E-state index contributed by atoms with van der Waals surface area (Å²) in [7, 11) is 3.00. The molecule has 0 aliphatic carbocycles. The fourth-order valence-electron chi connectivity index (χ4n) is 5.81. The summed E-state index contributed by atoms with van der Waals surface area (Å²) in [4.78, 5) is 53.9. The predicted octanol–water partition coefficient (Wildman–Crippen LogP) is 4.41. The maximum Gasteiger partial charge on any atom is 0.327 e. The van der Waals surface area contributed by atoms with Gasteiger partial charge in [0.05, 0.1) is 62.1 Å². The highest BCUT2D eigenvalue weighted by molar-refractivity contribution is 7.13. The molecule has 3 aromatic carbocycles. The molecule has 0 radical (unpaired) electrons. The van der Waals surface area contributed by atoms with Gasteiger partial charge in [0.1, 0.15) is 17.3 Å². The number of anilines is 3. The molecule has 1 aliphatic heterocycles. The first-order valence-corrected chi connectivity index (χ1v) is 16.4. The number of nitrogen functional groups attached to an aromatic ring is 1. The maximum atomic E-state index is 14.3. The number of nitrogens with one attached hydrogen (secondary N) is 1. The van der Waals surface area contributed by atoms with E-state index in [9.17, 15) is 18.8 Å². The van der Waals surface area contributed by atoms with Crippen molar-refractivity contribution in [3.63, 3.8) is 0 Å². The Balaban J connectivity index is 1.39. The Morgan fingerprint density at radius 1 is 1.02 bits per heavy atom. The number of ether oxygens (including phenoxy) is 2. The number of nitrogens with zero attached hydrogens (tertiary/aromatic N) is 6. The largest absolute Gasteiger partial charge is 0.497 e. The summed E-state index contributed by atoms with van der Waals surface area (Å²) in [6.45, 7) is 3.13. The number of amides is 3. The molecular weight excluding hydrogens is 651 g/mol. The number of carbonyl (C=O) groups excluding carboxylic acids is 2. The number of piperazine rings is 1. The van der Waals surface area contributed by atoms with Crippen molar-refractivity contribution in [2.24, 2.45) is 0 Å². The molecule has 15 heteroatoms. The normalized spacial score (nSPS) is 13.6. The number of nitrogens with two attached hydrogens (primary N) is 1. The molecule has 1 fully saturated rings. The number of aromatic nitrogens is 3. The molecule has 3 amide bonds. The van der Waals surface area contributed by atoms with Crippen molar-refractivity contribution in [1.29, 1.82) is 0 Å². The van der Waals surface area contributed by atoms with Gasteiger partial charge in [-0.1, -0.05) is 12.1 Å². The third-order valence-electron chi connectivity index (χ3n) is 8.29. The zero-order chi connectivity index (χ0) is 34.7. The van der Waals surface area contributed by atoms with Gasteiger partial charge in [-0.2, -0.15) is 0 Å². The number of hydrogen-bond donors (Lipinski definition) is 2. The van der Waals surface area contributed by atoms with Gasteiger partial charge in [0, 0.05) is 30.2 Å². The van der Waals surface area contributed by atoms with Crippen LogP contribution in [0.5, 0.6) is 11.5 Å². The number of methoxy groups -OCH3 is 2. The number of halogens is 1. The van der Waals surface area contributed by atoms with Crippen molar-refractivity contribution in [3.8, 4) is 11.5 Å². The van der Waals surface area contributed by atoms with E-state index in [1.807, 2.05) is 5.01 Å². The molecule has 0 saturated carbocycles. The van der Waals surface area contributed by atoms with E-state index < -0.39 is 17.9 Å². The fraction of sp³-hybridized carbons (Fsp3) is 0.265. The highest BCUT2D eigenvalue weighted by Gasteiger charge is 2.33. The number of fused-ring (bicyclic) bond motifs is 1. The molecule has 6 rings (SSSR count). The number of benzene rings is 3. The zero-order valence-electron chi connectivity index (χ0n) is 27.1. The van der Waals surface area contributed by atoms with E-state index in [1.54, 1.807) is 59.7 Å². The maximum absolute atomic E-state index is 14.3. The number of hydrogen-bond acceptors (Lipinski definition) is 10. The third kappa shape index (κ3) is 6.97. The van der Waals surface area contributed by atoms with Crippen LogP contribution in [-0.2, 0) is 11.2 Å². The summed E-state index contributed by atoms with van der Waals surface area (Å²) >= 11 is 1.29. The lowest BCUT2D eigenvalue weighted by Crippen LogP contribution is -2.57. The number of urea groups is 1. The molecular formula is C34H35FN8O5S. The lowest BCUT2D eigenvalue weighted by atomic mass is 10.1. The molecule has 1 saturated heterocycles. The second-order valence-corrected chi connectivity index (χ2v) is 12.2. The van der Waals surface area contributed by atoms with Gasteiger partial charge in [0.15, 0.2) is 11.0 Å². The summed E-state index contributed by atoms with van der Waals surface area (Å²) in [6.07, 6.45) is 0.134. The van der Waals surface area contributed by atoms with Gasteiger partial charge in [0.2, 0.25) is 5.91 Å². The van der Waals surface area contributed by atoms with Crippen LogP contribution in [0, 0.1) is 5.82 Å². The number of thiazole rings is 1. The van der Waals surface area contributed by atoms with E-state index in [0.717, 1.165) is 0 Å². The zero-order valence-corrected chi connectivity index (χ0v) is 27.9. The fourth-order valence-corrected chi connectivity index (χ4v) is 6.37. The topological polar surface area (TPSA) is 148 Å². The summed E-state index contributed by atoms with van der Waals surface area (Å²) < 4.78 is 26.3. The van der Waals surface area contributed by atoms with Crippen molar-refractivity contribution in [3.05, 3.63) is 99.8 Å². The molecule has 254 valence electrons. The van der Waals surface area contributed by atoms with Crippen molar-refractivity contribution >= 4 is 50.7 Å². The summed E-state index contributed by atoms with van der Waals surface area (Å²) in [5, 5.41) is 7.27. The molecule has 13 nitrogen and oxygen atoms in total. The van der Waals surface area contributed by atoms with E-state index in [0.29, 0.717) is 70.8 Å². The van der Waals surface area contributed by atoms with Gasteiger partial charge >= 0.3 is 6.03 Å². The van der Waals surface area contributed by atoms with Crippen LogP contribution in [0.15, 0.2) is 76.9 Å². The van der Waals surface area contributed by atoms with Crippen LogP contribution in [0.3, 0.4) is 0 Å². The Bertz CT molecular complexity index is 2040. The van der Waals surface area contributed by atoms with Gasteiger partial charge < -0.3 is 30.4 Å². The Hall–Kier alpha value is -5.70. The van der Waals surface area contributed by atoms with Crippen molar-refractivity contribution < 1.29 is 23.5 Å². The van der Waals surface area contributed by atoms with Crippen molar-refractivity contribution in [1.82, 2.24) is 19.5 Å². The Morgan fingerprint density at radius 3 is 2.43 bits per heavy atom. The Kier molecular flexibility index (Phi) is 9.62. The third-order valence-corrected chi connectivity index (χ3v) is 9.02. The van der Waals surface area contributed by atoms with Gasteiger partial charge in [-0.15, -0.1) is 11.3 Å². The average Bonchev–Trinajstić information content (AvgIpc) is 3.53. The average molecular weight is 687 g/mol. The quantitative estimate of drug-likeness (QED) is 0.230. The lowest BCUT2D eigenvalue weighted by molar-refractivity contribution is -0.130. The lowest BCUT2D eigenvalue weighted by Gasteiger charge is -2.39. The SMILES string of the molecule is COc1ccc(N(C(=O)Nc2ccc(F)cc2)C(C)c2nc3ccccc3c(=O)n2N2CCN(C(=O)Cc3csc(N)n3)CC2)c(OC)c1. The van der Waals surface area contributed by atoms with Crippen LogP contribution in [0.1, 0.15) is 24.5 Å². The van der Waals surface area contributed by atoms with Gasteiger partial charge in [-0.05, 0) is 55.5 Å². The van der Waals surface area contributed by atoms with Crippen LogP contribution < -0.4 is 36.0 Å². The van der Waals surface area contributed by atoms with Gasteiger partial charge in [-0.25, -0.2) is 23.8 Å². The number of carbonyl (C=O) groups is 2. The molecule has 2 aromatic heterocycles. The Labute approximate surface area is 285 Å². The molecule has 1 aliphatic rings. The van der Waals surface area contributed by atoms with E-state index in [2.05, 4.69) is 10.3 Å². The van der Waals surface area contributed by atoms with Crippen LogP contribution in [0.2, 0.25) is 0 Å². The monoisotopic (exact) mass is 686 g/mol. The van der Waals surface area contributed by atoms with Gasteiger partial charge in [-0.3, -0.25) is 14.5 Å². The van der Waals surface area contributed by atoms with E-state index >= 15 is 0 Å². The van der Waals surface area contributed by atoms with Crippen molar-refractivity contribution in [2.75, 3.05) is 61.4 Å². The van der Waals surface area contributed by atoms with Crippen LogP contribution in [0.25, 0.3) is 10.9 Å². The van der Waals surface area contributed by atoms with Crippen LogP contribution in [-0.4, -0.2) is 71.9 Å². The Morgan fingerprint density at radius 2 is 1.76 bits per heavy atom. The first-order chi connectivity index (χ1) is 23.7. The van der Waals surface area contributed by atoms with E-state index in [-0.39, 0.29) is 23.7 Å². The van der Waals surface area contributed by atoms with Crippen LogP contribution >= 0.6 is 11.3 Å². The van der Waals surface area contributed by atoms with Gasteiger partial charge in [0.25, 0.3) is 5.56 Å². The standard InChI is InChI=1S/C34H35FN8O5S/c1-21(42(28-13-12-25(47-2)19-29(28)48-3)34(46)38-23-10-8-22(35)9-11-23)31-39-27-7-5-4-6-26(27)32(45)43(31)41-16-14-40(15-17-41)30(44)18-24-20-49-33(36)37-24/h4-13,19-21H,14-18H2,1-3H3,(H2,36,37)(H,38,46). The smallest absolute Gasteiger partial charge is 0.327 e. The molecule has 5 aromatic rings. The molecule has 3 heterocycles. The minimum Gasteiger partial charge on any atom is -0.497 e. The number of para-hydroxylation sites is 1. The summed E-state index contributed by atoms with van der Waals surface area (Å²) in [5.41, 5.74) is 7.25. The second-order valence-electron chi connectivity index (χ2n) is 11.3. The van der Waals surface area contributed by atoms with E-state index in [1.165, 1.54) is 59.4 Å². The summed E-state index contributed by atoms with van der Waals surface area (Å²) in [5.74, 6) is 0.605.